The van der Waals surface area contributed by atoms with Crippen molar-refractivity contribution >= 4 is 11.8 Å². The highest BCUT2D eigenvalue weighted by Gasteiger charge is 2.36. The van der Waals surface area contributed by atoms with Crippen LogP contribution < -0.4 is 0 Å². The number of carbonyl (C=O) groups excluding carboxylic acids is 2. The van der Waals surface area contributed by atoms with E-state index in [2.05, 4.69) is 18.9 Å². The first-order valence-corrected chi connectivity index (χ1v) is 9.27. The van der Waals surface area contributed by atoms with E-state index < -0.39 is 0 Å². The van der Waals surface area contributed by atoms with Gasteiger partial charge in [-0.25, -0.2) is 4.68 Å². The molecule has 0 spiro atoms. The first-order valence-electron chi connectivity index (χ1n) is 9.27. The van der Waals surface area contributed by atoms with Gasteiger partial charge in [0.1, 0.15) is 0 Å². The highest BCUT2D eigenvalue weighted by atomic mass is 16.2. The van der Waals surface area contributed by atoms with Gasteiger partial charge >= 0.3 is 0 Å². The van der Waals surface area contributed by atoms with Gasteiger partial charge in [0.15, 0.2) is 0 Å². The molecule has 138 valence electrons. The maximum Gasteiger partial charge on any atom is 0.252 e. The van der Waals surface area contributed by atoms with Crippen molar-refractivity contribution < 1.29 is 9.59 Å². The lowest BCUT2D eigenvalue weighted by Crippen LogP contribution is -2.28. The number of benzene rings is 1. The summed E-state index contributed by atoms with van der Waals surface area (Å²) in [5.41, 5.74) is 4.06. The van der Waals surface area contributed by atoms with E-state index in [0.29, 0.717) is 19.0 Å². The summed E-state index contributed by atoms with van der Waals surface area (Å²) in [6.07, 6.45) is 1.18. The largest absolute Gasteiger partial charge is 0.338 e. The van der Waals surface area contributed by atoms with Crippen LogP contribution in [0.15, 0.2) is 30.3 Å². The summed E-state index contributed by atoms with van der Waals surface area (Å²) in [5.74, 6) is 0.159. The molecular weight excluding hydrogens is 326 g/mol. The van der Waals surface area contributed by atoms with Gasteiger partial charge < -0.3 is 4.90 Å². The van der Waals surface area contributed by atoms with Gasteiger partial charge in [-0.3, -0.25) is 9.59 Å². The summed E-state index contributed by atoms with van der Waals surface area (Å²) in [6, 6.07) is 9.89. The van der Waals surface area contributed by atoms with Crippen LogP contribution in [0.1, 0.15) is 47.6 Å². The average molecular weight is 353 g/mol. The van der Waals surface area contributed by atoms with Gasteiger partial charge in [0.25, 0.3) is 5.91 Å². The Morgan fingerprint density at radius 2 is 1.92 bits per heavy atom. The fraction of sp³-hybridized carbons (Fsp3) is 0.476. The van der Waals surface area contributed by atoms with Crippen molar-refractivity contribution in [2.45, 2.75) is 47.1 Å². The van der Waals surface area contributed by atoms with Crippen LogP contribution in [-0.4, -0.2) is 33.0 Å². The van der Waals surface area contributed by atoms with Gasteiger partial charge in [0.2, 0.25) is 5.91 Å². The first kappa shape index (κ1) is 18.4. The molecule has 1 atom stereocenters. The highest BCUT2D eigenvalue weighted by molar-refractivity contribution is 5.90. The minimum absolute atomic E-state index is 0.0381. The third kappa shape index (κ3) is 3.71. The summed E-state index contributed by atoms with van der Waals surface area (Å²) in [7, 11) is 0. The van der Waals surface area contributed by atoms with Gasteiger partial charge in [0.05, 0.1) is 11.6 Å². The smallest absolute Gasteiger partial charge is 0.252 e. The molecule has 3 rings (SSSR count). The van der Waals surface area contributed by atoms with Crippen molar-refractivity contribution in [2.75, 3.05) is 6.54 Å². The SMILES string of the molecule is Cc1nn(C(=O)C2CC(=O)N(Cc3ccccc3)C2)c(C)c1CC(C)C. The molecule has 1 fully saturated rings. The van der Waals surface area contributed by atoms with E-state index in [9.17, 15) is 9.59 Å². The Bertz CT molecular complexity index is 808. The Labute approximate surface area is 155 Å². The fourth-order valence-electron chi connectivity index (χ4n) is 3.66. The van der Waals surface area contributed by atoms with E-state index in [0.717, 1.165) is 28.9 Å². The number of aryl methyl sites for hydroxylation is 1. The number of rotatable bonds is 5. The molecule has 0 bridgehead atoms. The molecular formula is C21H27N3O2. The lowest BCUT2D eigenvalue weighted by atomic mass is 10.0. The van der Waals surface area contributed by atoms with Crippen molar-refractivity contribution in [1.29, 1.82) is 0 Å². The summed E-state index contributed by atoms with van der Waals surface area (Å²) in [4.78, 5) is 27.1. The summed E-state index contributed by atoms with van der Waals surface area (Å²) < 4.78 is 1.52. The average Bonchev–Trinajstić information content (AvgIpc) is 3.10. The van der Waals surface area contributed by atoms with Crippen LogP contribution in [0.3, 0.4) is 0 Å². The molecule has 2 heterocycles. The van der Waals surface area contributed by atoms with Crippen molar-refractivity contribution in [3.8, 4) is 0 Å². The molecule has 1 unspecified atom stereocenters. The molecule has 1 aromatic carbocycles. The normalized spacial score (nSPS) is 17.3. The summed E-state index contributed by atoms with van der Waals surface area (Å²) in [5, 5.41) is 4.48. The molecule has 0 aliphatic carbocycles. The van der Waals surface area contributed by atoms with E-state index in [1.54, 1.807) is 4.90 Å². The van der Waals surface area contributed by atoms with E-state index in [1.165, 1.54) is 4.68 Å². The van der Waals surface area contributed by atoms with Crippen molar-refractivity contribution in [3.63, 3.8) is 0 Å². The standard InChI is InChI=1S/C21H27N3O2/c1-14(2)10-19-15(3)22-24(16(19)4)21(26)18-11-20(25)23(13-18)12-17-8-6-5-7-9-17/h5-9,14,18H,10-13H2,1-4H3. The Hall–Kier alpha value is -2.43. The Morgan fingerprint density at radius 3 is 2.58 bits per heavy atom. The zero-order valence-corrected chi connectivity index (χ0v) is 16.0. The third-order valence-electron chi connectivity index (χ3n) is 5.04. The first-order chi connectivity index (χ1) is 12.4. The lowest BCUT2D eigenvalue weighted by Gasteiger charge is -2.16. The molecule has 1 amide bonds. The van der Waals surface area contributed by atoms with Crippen molar-refractivity contribution in [1.82, 2.24) is 14.7 Å². The Balaban J connectivity index is 1.74. The minimum atomic E-state index is -0.323. The Kier molecular flexibility index (Phi) is 5.25. The van der Waals surface area contributed by atoms with Gasteiger partial charge in [-0.1, -0.05) is 44.2 Å². The molecule has 1 aliphatic rings. The fourth-order valence-corrected chi connectivity index (χ4v) is 3.66. The van der Waals surface area contributed by atoms with Crippen molar-refractivity contribution in [3.05, 3.63) is 52.8 Å². The number of hydrogen-bond acceptors (Lipinski definition) is 3. The predicted molar refractivity (Wildman–Crippen MR) is 101 cm³/mol. The van der Waals surface area contributed by atoms with E-state index in [4.69, 9.17) is 0 Å². The second kappa shape index (κ2) is 7.44. The van der Waals surface area contributed by atoms with Gasteiger partial charge in [-0.2, -0.15) is 5.10 Å². The summed E-state index contributed by atoms with van der Waals surface area (Å²) in [6.45, 7) is 9.25. The molecule has 5 heteroatoms. The molecule has 26 heavy (non-hydrogen) atoms. The number of likely N-dealkylation sites (tertiary alicyclic amines) is 1. The van der Waals surface area contributed by atoms with E-state index in [1.807, 2.05) is 44.2 Å². The molecule has 1 aliphatic heterocycles. The maximum absolute atomic E-state index is 13.0. The number of aromatic nitrogens is 2. The van der Waals surface area contributed by atoms with Crippen LogP contribution in [0.2, 0.25) is 0 Å². The quantitative estimate of drug-likeness (QED) is 0.828. The molecule has 0 N–H and O–H groups in total. The van der Waals surface area contributed by atoms with Crippen LogP contribution in [0.25, 0.3) is 0 Å². The van der Waals surface area contributed by atoms with E-state index in [-0.39, 0.29) is 24.2 Å². The highest BCUT2D eigenvalue weighted by Crippen LogP contribution is 2.24. The minimum Gasteiger partial charge on any atom is -0.338 e. The van der Waals surface area contributed by atoms with Gasteiger partial charge in [-0.15, -0.1) is 0 Å². The molecule has 5 nitrogen and oxygen atoms in total. The van der Waals surface area contributed by atoms with Crippen LogP contribution in [0, 0.1) is 25.7 Å². The number of amides is 1. The van der Waals surface area contributed by atoms with Crippen LogP contribution in [0.4, 0.5) is 0 Å². The number of carbonyl (C=O) groups is 2. The van der Waals surface area contributed by atoms with E-state index >= 15 is 0 Å². The van der Waals surface area contributed by atoms with Crippen LogP contribution >= 0.6 is 0 Å². The lowest BCUT2D eigenvalue weighted by molar-refractivity contribution is -0.128. The topological polar surface area (TPSA) is 55.2 Å². The van der Waals surface area contributed by atoms with Gasteiger partial charge in [0, 0.05) is 25.2 Å². The third-order valence-corrected chi connectivity index (χ3v) is 5.04. The zero-order chi connectivity index (χ0) is 18.8. The molecule has 0 radical (unpaired) electrons. The van der Waals surface area contributed by atoms with Gasteiger partial charge in [-0.05, 0) is 37.3 Å². The molecule has 1 aromatic heterocycles. The zero-order valence-electron chi connectivity index (χ0n) is 16.0. The monoisotopic (exact) mass is 353 g/mol. The van der Waals surface area contributed by atoms with Crippen molar-refractivity contribution in [2.24, 2.45) is 11.8 Å². The Morgan fingerprint density at radius 1 is 1.23 bits per heavy atom. The second-order valence-electron chi connectivity index (χ2n) is 7.66. The molecule has 0 saturated carbocycles. The summed E-state index contributed by atoms with van der Waals surface area (Å²) >= 11 is 0. The van der Waals surface area contributed by atoms with Crippen LogP contribution in [0.5, 0.6) is 0 Å². The number of hydrogen-bond donors (Lipinski definition) is 0. The predicted octanol–water partition coefficient (Wildman–Crippen LogP) is 3.39. The molecule has 2 aromatic rings. The molecule has 1 saturated heterocycles. The van der Waals surface area contributed by atoms with Crippen LogP contribution in [-0.2, 0) is 17.8 Å². The maximum atomic E-state index is 13.0. The second-order valence-corrected chi connectivity index (χ2v) is 7.66. The number of nitrogens with zero attached hydrogens (tertiary/aromatic N) is 3.